The van der Waals surface area contributed by atoms with E-state index in [4.69, 9.17) is 9.47 Å². The summed E-state index contributed by atoms with van der Waals surface area (Å²) in [6.45, 7) is 0.880. The van der Waals surface area contributed by atoms with Gasteiger partial charge in [-0.2, -0.15) is 0 Å². The van der Waals surface area contributed by atoms with Gasteiger partial charge in [-0.3, -0.25) is 14.6 Å². The molecule has 0 spiro atoms. The van der Waals surface area contributed by atoms with Gasteiger partial charge < -0.3 is 19.7 Å². The van der Waals surface area contributed by atoms with Gasteiger partial charge in [0.15, 0.2) is 0 Å². The molecule has 2 heterocycles. The molecule has 1 aliphatic rings. The Bertz CT molecular complexity index is 550. The fraction of sp³-hybridized carbons (Fsp3) is 0.562. The highest BCUT2D eigenvalue weighted by atomic mass is 16.5. The Labute approximate surface area is 136 Å². The van der Waals surface area contributed by atoms with Gasteiger partial charge in [-0.05, 0) is 31.4 Å². The molecule has 23 heavy (non-hydrogen) atoms. The van der Waals surface area contributed by atoms with Crippen molar-refractivity contribution in [2.75, 3.05) is 27.3 Å². The van der Waals surface area contributed by atoms with Gasteiger partial charge in [0.2, 0.25) is 5.91 Å². The quantitative estimate of drug-likeness (QED) is 0.835. The number of ether oxygens (including phenoxy) is 2. The summed E-state index contributed by atoms with van der Waals surface area (Å²) in [5.74, 6) is 0.288. The van der Waals surface area contributed by atoms with Crippen LogP contribution >= 0.6 is 0 Å². The number of rotatable bonds is 6. The molecule has 126 valence electrons. The number of amides is 2. The molecule has 7 nitrogen and oxygen atoms in total. The lowest BCUT2D eigenvalue weighted by atomic mass is 10.2. The van der Waals surface area contributed by atoms with Crippen molar-refractivity contribution in [3.05, 3.63) is 24.0 Å². The van der Waals surface area contributed by atoms with Crippen LogP contribution in [0.2, 0.25) is 0 Å². The molecule has 0 aliphatic carbocycles. The maximum atomic E-state index is 12.3. The molecule has 7 heteroatoms. The van der Waals surface area contributed by atoms with Gasteiger partial charge in [0.05, 0.1) is 20.2 Å². The normalized spacial score (nSPS) is 18.4. The van der Waals surface area contributed by atoms with Crippen LogP contribution in [0.3, 0.4) is 0 Å². The smallest absolute Gasteiger partial charge is 0.252 e. The van der Waals surface area contributed by atoms with Crippen LogP contribution in [0, 0.1) is 0 Å². The predicted octanol–water partition coefficient (Wildman–Crippen LogP) is 0.734. The van der Waals surface area contributed by atoms with E-state index in [0.717, 1.165) is 12.8 Å². The molecule has 0 radical (unpaired) electrons. The fourth-order valence-electron chi connectivity index (χ4n) is 2.60. The van der Waals surface area contributed by atoms with Gasteiger partial charge in [-0.1, -0.05) is 0 Å². The van der Waals surface area contributed by atoms with Crippen LogP contribution in [0.25, 0.3) is 0 Å². The lowest BCUT2D eigenvalue weighted by molar-refractivity contribution is -0.144. The Kier molecular flexibility index (Phi) is 6.34. The van der Waals surface area contributed by atoms with E-state index in [1.807, 2.05) is 0 Å². The Morgan fingerprint density at radius 2 is 2.26 bits per heavy atom. The van der Waals surface area contributed by atoms with Crippen molar-refractivity contribution in [3.8, 4) is 5.75 Å². The maximum absolute atomic E-state index is 12.3. The Balaban J connectivity index is 1.89. The van der Waals surface area contributed by atoms with Crippen LogP contribution in [-0.4, -0.2) is 55.1 Å². The molecule has 0 bridgehead atoms. The van der Waals surface area contributed by atoms with Gasteiger partial charge in [-0.25, -0.2) is 0 Å². The number of likely N-dealkylation sites (tertiary alicyclic amines) is 1. The third-order valence-electron chi connectivity index (χ3n) is 3.87. The number of nitrogens with zero attached hydrogens (tertiary/aromatic N) is 2. The van der Waals surface area contributed by atoms with E-state index >= 15 is 0 Å². The monoisotopic (exact) mass is 321 g/mol. The molecular weight excluding hydrogens is 298 g/mol. The number of carbonyl (C=O) groups excluding carboxylic acids is 2. The third kappa shape index (κ3) is 4.66. The second kappa shape index (κ2) is 8.47. The van der Waals surface area contributed by atoms with Gasteiger partial charge in [-0.15, -0.1) is 0 Å². The Morgan fingerprint density at radius 1 is 1.43 bits per heavy atom. The zero-order chi connectivity index (χ0) is 16.7. The first-order chi connectivity index (χ1) is 11.2. The van der Waals surface area contributed by atoms with E-state index in [1.165, 1.54) is 7.11 Å². The van der Waals surface area contributed by atoms with E-state index in [9.17, 15) is 9.59 Å². The summed E-state index contributed by atoms with van der Waals surface area (Å²) in [5, 5.41) is 2.78. The van der Waals surface area contributed by atoms with E-state index in [-0.39, 0.29) is 24.9 Å². The summed E-state index contributed by atoms with van der Waals surface area (Å²) in [6.07, 6.45) is 3.71. The van der Waals surface area contributed by atoms with Crippen LogP contribution < -0.4 is 10.1 Å². The molecule has 1 fully saturated rings. The summed E-state index contributed by atoms with van der Waals surface area (Å²) in [6, 6.07) is 3.56. The molecule has 1 atom stereocenters. The first-order valence-electron chi connectivity index (χ1n) is 7.72. The first-order valence-corrected chi connectivity index (χ1v) is 7.72. The molecule has 0 saturated carbocycles. The lowest BCUT2D eigenvalue weighted by Gasteiger charge is -2.23. The highest BCUT2D eigenvalue weighted by Crippen LogP contribution is 2.15. The molecule has 1 aromatic rings. The summed E-state index contributed by atoms with van der Waals surface area (Å²) in [4.78, 5) is 30.1. The number of methoxy groups -OCH3 is 2. The predicted molar refractivity (Wildman–Crippen MR) is 83.9 cm³/mol. The van der Waals surface area contributed by atoms with Crippen molar-refractivity contribution in [2.24, 2.45) is 0 Å². The van der Waals surface area contributed by atoms with Crippen LogP contribution in [0.15, 0.2) is 18.3 Å². The number of hydrogen-bond donors (Lipinski definition) is 1. The van der Waals surface area contributed by atoms with Crippen molar-refractivity contribution in [3.63, 3.8) is 0 Å². The zero-order valence-corrected chi connectivity index (χ0v) is 13.6. The SMILES string of the molecule is COc1cccnc1CNC(=O)CN1CCCCC(OC)C1=O. The second-order valence-corrected chi connectivity index (χ2v) is 5.41. The molecule has 0 aromatic carbocycles. The van der Waals surface area contributed by atoms with Crippen molar-refractivity contribution in [1.82, 2.24) is 15.2 Å². The first kappa shape index (κ1) is 17.2. The van der Waals surface area contributed by atoms with Crippen LogP contribution in [0.1, 0.15) is 25.0 Å². The van der Waals surface area contributed by atoms with Crippen LogP contribution in [0.5, 0.6) is 5.75 Å². The third-order valence-corrected chi connectivity index (χ3v) is 3.87. The number of nitrogens with one attached hydrogen (secondary N) is 1. The largest absolute Gasteiger partial charge is 0.495 e. The standard InChI is InChI=1S/C16H23N3O4/c1-22-13-7-5-8-17-12(13)10-18-15(20)11-19-9-4-3-6-14(23-2)16(19)21/h5,7-8,14H,3-4,6,9-11H2,1-2H3,(H,18,20). The second-order valence-electron chi connectivity index (χ2n) is 5.41. The molecule has 1 aliphatic heterocycles. The fourth-order valence-corrected chi connectivity index (χ4v) is 2.60. The highest BCUT2D eigenvalue weighted by molar-refractivity contribution is 5.87. The van der Waals surface area contributed by atoms with Gasteiger partial charge in [0.25, 0.3) is 5.91 Å². The van der Waals surface area contributed by atoms with E-state index in [2.05, 4.69) is 10.3 Å². The number of pyridine rings is 1. The van der Waals surface area contributed by atoms with Gasteiger partial charge in [0, 0.05) is 19.9 Å². The minimum atomic E-state index is -0.443. The minimum Gasteiger partial charge on any atom is -0.495 e. The topological polar surface area (TPSA) is 80.8 Å². The molecule has 2 rings (SSSR count). The van der Waals surface area contributed by atoms with Crippen molar-refractivity contribution >= 4 is 11.8 Å². The van der Waals surface area contributed by atoms with Crippen molar-refractivity contribution < 1.29 is 19.1 Å². The minimum absolute atomic E-state index is 0.0356. The van der Waals surface area contributed by atoms with E-state index in [1.54, 1.807) is 30.3 Å². The molecule has 2 amide bonds. The Hall–Kier alpha value is -2.15. The number of aromatic nitrogens is 1. The van der Waals surface area contributed by atoms with Gasteiger partial charge >= 0.3 is 0 Å². The lowest BCUT2D eigenvalue weighted by Crippen LogP contribution is -2.44. The van der Waals surface area contributed by atoms with E-state index in [0.29, 0.717) is 24.4 Å². The average Bonchev–Trinajstić information content (AvgIpc) is 2.75. The molecular formula is C16H23N3O4. The molecule has 1 N–H and O–H groups in total. The summed E-state index contributed by atoms with van der Waals surface area (Å²) in [7, 11) is 3.09. The molecule has 1 saturated heterocycles. The van der Waals surface area contributed by atoms with Crippen molar-refractivity contribution in [1.29, 1.82) is 0 Å². The van der Waals surface area contributed by atoms with Crippen LogP contribution in [-0.2, 0) is 20.9 Å². The van der Waals surface area contributed by atoms with Gasteiger partial charge in [0.1, 0.15) is 17.5 Å². The van der Waals surface area contributed by atoms with E-state index < -0.39 is 6.10 Å². The van der Waals surface area contributed by atoms with Crippen LogP contribution in [0.4, 0.5) is 0 Å². The maximum Gasteiger partial charge on any atom is 0.252 e. The Morgan fingerprint density at radius 3 is 3.00 bits per heavy atom. The average molecular weight is 321 g/mol. The highest BCUT2D eigenvalue weighted by Gasteiger charge is 2.27. The molecule has 1 aromatic heterocycles. The summed E-state index contributed by atoms with van der Waals surface area (Å²) in [5.41, 5.74) is 0.653. The summed E-state index contributed by atoms with van der Waals surface area (Å²) >= 11 is 0. The number of hydrogen-bond acceptors (Lipinski definition) is 5. The zero-order valence-electron chi connectivity index (χ0n) is 13.6. The van der Waals surface area contributed by atoms with Crippen molar-refractivity contribution in [2.45, 2.75) is 31.9 Å². The number of carbonyl (C=O) groups is 2. The summed E-state index contributed by atoms with van der Waals surface area (Å²) < 4.78 is 10.4. The molecule has 1 unspecified atom stereocenters.